The van der Waals surface area contributed by atoms with Gasteiger partial charge in [-0.3, -0.25) is 9.69 Å². The number of methoxy groups -OCH3 is 1. The minimum Gasteiger partial charge on any atom is -0.381 e. The highest BCUT2D eigenvalue weighted by molar-refractivity contribution is 5.78. The fraction of sp³-hybridized carbons (Fsp3) is 0.562. The van der Waals surface area contributed by atoms with Gasteiger partial charge in [-0.2, -0.15) is 0 Å². The normalized spacial score (nSPS) is 17.1. The first-order chi connectivity index (χ1) is 9.69. The van der Waals surface area contributed by atoms with Crippen molar-refractivity contribution in [2.45, 2.75) is 32.4 Å². The molecule has 1 aliphatic heterocycles. The largest absolute Gasteiger partial charge is 0.381 e. The molecule has 0 radical (unpaired) electrons. The zero-order valence-corrected chi connectivity index (χ0v) is 12.4. The van der Waals surface area contributed by atoms with Crippen LogP contribution in [0.2, 0.25) is 0 Å². The van der Waals surface area contributed by atoms with Crippen LogP contribution in [0.25, 0.3) is 0 Å². The Morgan fingerprint density at radius 2 is 2.05 bits per heavy atom. The number of carbonyl (C=O) groups excluding carboxylic acids is 1. The van der Waals surface area contributed by atoms with Crippen LogP contribution in [-0.4, -0.2) is 43.7 Å². The third-order valence-corrected chi connectivity index (χ3v) is 3.97. The van der Waals surface area contributed by atoms with E-state index < -0.39 is 0 Å². The Morgan fingerprint density at radius 1 is 1.35 bits per heavy atom. The van der Waals surface area contributed by atoms with Crippen molar-refractivity contribution < 1.29 is 9.53 Å². The quantitative estimate of drug-likeness (QED) is 0.890. The molecule has 0 saturated carbocycles. The lowest BCUT2D eigenvalue weighted by atomic mass is 10.1. The monoisotopic (exact) mass is 276 g/mol. The number of ether oxygens (including phenoxy) is 1. The summed E-state index contributed by atoms with van der Waals surface area (Å²) in [6.45, 7) is 5.05. The number of piperidine rings is 1. The first kappa shape index (κ1) is 15.0. The van der Waals surface area contributed by atoms with E-state index in [0.717, 1.165) is 25.9 Å². The molecular weight excluding hydrogens is 252 g/mol. The van der Waals surface area contributed by atoms with Gasteiger partial charge in [0.25, 0.3) is 0 Å². The fourth-order valence-corrected chi connectivity index (χ4v) is 2.56. The number of nitrogens with zero attached hydrogens (tertiary/aromatic N) is 1. The van der Waals surface area contributed by atoms with Gasteiger partial charge in [0.1, 0.15) is 0 Å². The maximum absolute atomic E-state index is 12.0. The van der Waals surface area contributed by atoms with Gasteiger partial charge < -0.3 is 10.1 Å². The van der Waals surface area contributed by atoms with Crippen LogP contribution in [0, 0.1) is 6.92 Å². The van der Waals surface area contributed by atoms with Crippen molar-refractivity contribution in [2.75, 3.05) is 26.7 Å². The summed E-state index contributed by atoms with van der Waals surface area (Å²) < 4.78 is 5.34. The van der Waals surface area contributed by atoms with Crippen LogP contribution < -0.4 is 5.32 Å². The predicted molar refractivity (Wildman–Crippen MR) is 79.5 cm³/mol. The number of rotatable bonds is 5. The van der Waals surface area contributed by atoms with Gasteiger partial charge >= 0.3 is 0 Å². The van der Waals surface area contributed by atoms with E-state index in [1.165, 1.54) is 11.1 Å². The molecule has 0 spiro atoms. The van der Waals surface area contributed by atoms with E-state index in [1.807, 2.05) is 12.1 Å². The number of aryl methyl sites for hydroxylation is 1. The molecule has 1 heterocycles. The fourth-order valence-electron chi connectivity index (χ4n) is 2.56. The number of carbonyl (C=O) groups is 1. The molecule has 2 rings (SSSR count). The molecule has 1 amide bonds. The minimum atomic E-state index is 0.101. The highest BCUT2D eigenvalue weighted by Crippen LogP contribution is 2.12. The Morgan fingerprint density at radius 3 is 2.70 bits per heavy atom. The molecule has 0 bridgehead atoms. The average Bonchev–Trinajstić information content (AvgIpc) is 2.47. The van der Waals surface area contributed by atoms with Crippen molar-refractivity contribution in [3.05, 3.63) is 35.4 Å². The molecule has 1 saturated heterocycles. The van der Waals surface area contributed by atoms with Crippen molar-refractivity contribution in [3.8, 4) is 0 Å². The van der Waals surface area contributed by atoms with Crippen LogP contribution in [0.1, 0.15) is 24.0 Å². The van der Waals surface area contributed by atoms with Gasteiger partial charge in [0.15, 0.2) is 0 Å². The third kappa shape index (κ3) is 4.32. The van der Waals surface area contributed by atoms with Gasteiger partial charge in [-0.1, -0.05) is 24.3 Å². The second-order valence-corrected chi connectivity index (χ2v) is 5.41. The molecule has 1 N–H and O–H groups in total. The Kier molecular flexibility index (Phi) is 5.56. The van der Waals surface area contributed by atoms with E-state index in [9.17, 15) is 4.79 Å². The van der Waals surface area contributed by atoms with Gasteiger partial charge in [-0.25, -0.2) is 0 Å². The van der Waals surface area contributed by atoms with Gasteiger partial charge in [0, 0.05) is 26.7 Å². The third-order valence-electron chi connectivity index (χ3n) is 3.97. The lowest BCUT2D eigenvalue weighted by Crippen LogP contribution is -2.42. The van der Waals surface area contributed by atoms with Crippen molar-refractivity contribution >= 4 is 5.91 Å². The summed E-state index contributed by atoms with van der Waals surface area (Å²) in [5.41, 5.74) is 2.40. The van der Waals surface area contributed by atoms with E-state index in [0.29, 0.717) is 19.2 Å². The first-order valence-corrected chi connectivity index (χ1v) is 7.25. The SMILES string of the molecule is COC1CCN(CC(=O)NCc2ccccc2C)CC1. The van der Waals surface area contributed by atoms with Crippen LogP contribution >= 0.6 is 0 Å². The van der Waals surface area contributed by atoms with Crippen molar-refractivity contribution in [2.24, 2.45) is 0 Å². The molecule has 110 valence electrons. The summed E-state index contributed by atoms with van der Waals surface area (Å²) in [7, 11) is 1.76. The van der Waals surface area contributed by atoms with Crippen LogP contribution in [0.4, 0.5) is 0 Å². The van der Waals surface area contributed by atoms with Gasteiger partial charge in [-0.05, 0) is 30.9 Å². The van der Waals surface area contributed by atoms with Gasteiger partial charge in [0.2, 0.25) is 5.91 Å². The maximum atomic E-state index is 12.0. The molecule has 0 aliphatic carbocycles. The second-order valence-electron chi connectivity index (χ2n) is 5.41. The lowest BCUT2D eigenvalue weighted by molar-refractivity contribution is -0.123. The topological polar surface area (TPSA) is 41.6 Å². The standard InChI is InChI=1S/C16H24N2O2/c1-13-5-3-4-6-14(13)11-17-16(19)12-18-9-7-15(20-2)8-10-18/h3-6,15H,7-12H2,1-2H3,(H,17,19). The molecule has 0 unspecified atom stereocenters. The molecule has 20 heavy (non-hydrogen) atoms. The smallest absolute Gasteiger partial charge is 0.234 e. The lowest BCUT2D eigenvalue weighted by Gasteiger charge is -2.30. The van der Waals surface area contributed by atoms with Crippen LogP contribution in [0.15, 0.2) is 24.3 Å². The second kappa shape index (κ2) is 7.41. The Labute approximate surface area is 121 Å². The summed E-state index contributed by atoms with van der Waals surface area (Å²) in [6, 6.07) is 8.14. The number of benzene rings is 1. The zero-order chi connectivity index (χ0) is 14.4. The van der Waals surface area contributed by atoms with Crippen molar-refractivity contribution in [1.29, 1.82) is 0 Å². The highest BCUT2D eigenvalue weighted by Gasteiger charge is 2.20. The molecule has 4 nitrogen and oxygen atoms in total. The van der Waals surface area contributed by atoms with Gasteiger partial charge in [-0.15, -0.1) is 0 Å². The molecular formula is C16H24N2O2. The van der Waals surface area contributed by atoms with E-state index in [-0.39, 0.29) is 5.91 Å². The summed E-state index contributed by atoms with van der Waals surface area (Å²) in [6.07, 6.45) is 2.39. The Bertz CT molecular complexity index is 440. The number of likely N-dealkylation sites (tertiary alicyclic amines) is 1. The minimum absolute atomic E-state index is 0.101. The van der Waals surface area contributed by atoms with E-state index in [1.54, 1.807) is 7.11 Å². The predicted octanol–water partition coefficient (Wildman–Crippen LogP) is 1.72. The molecule has 1 aromatic rings. The van der Waals surface area contributed by atoms with Crippen molar-refractivity contribution in [3.63, 3.8) is 0 Å². The number of hydrogen-bond donors (Lipinski definition) is 1. The maximum Gasteiger partial charge on any atom is 0.234 e. The average molecular weight is 276 g/mol. The van der Waals surface area contributed by atoms with E-state index >= 15 is 0 Å². The summed E-state index contributed by atoms with van der Waals surface area (Å²) in [5.74, 6) is 0.101. The zero-order valence-electron chi connectivity index (χ0n) is 12.4. The Hall–Kier alpha value is -1.39. The first-order valence-electron chi connectivity index (χ1n) is 7.25. The number of nitrogens with one attached hydrogen (secondary N) is 1. The van der Waals surface area contributed by atoms with Crippen LogP contribution in [0.3, 0.4) is 0 Å². The van der Waals surface area contributed by atoms with E-state index in [2.05, 4.69) is 29.3 Å². The molecule has 0 atom stereocenters. The molecule has 0 aromatic heterocycles. The highest BCUT2D eigenvalue weighted by atomic mass is 16.5. The summed E-state index contributed by atoms with van der Waals surface area (Å²) in [5, 5.41) is 3.00. The van der Waals surface area contributed by atoms with Crippen LogP contribution in [-0.2, 0) is 16.1 Å². The van der Waals surface area contributed by atoms with E-state index in [4.69, 9.17) is 4.74 Å². The molecule has 1 fully saturated rings. The van der Waals surface area contributed by atoms with Crippen LogP contribution in [0.5, 0.6) is 0 Å². The molecule has 1 aromatic carbocycles. The van der Waals surface area contributed by atoms with Gasteiger partial charge in [0.05, 0.1) is 12.6 Å². The number of amides is 1. The summed E-state index contributed by atoms with van der Waals surface area (Å²) in [4.78, 5) is 14.2. The number of hydrogen-bond acceptors (Lipinski definition) is 3. The molecule has 1 aliphatic rings. The summed E-state index contributed by atoms with van der Waals surface area (Å²) >= 11 is 0. The van der Waals surface area contributed by atoms with Crippen molar-refractivity contribution in [1.82, 2.24) is 10.2 Å². The molecule has 4 heteroatoms. The Balaban J connectivity index is 1.72.